The summed E-state index contributed by atoms with van der Waals surface area (Å²) >= 11 is 0. The molecule has 37 valence electrons. The van der Waals surface area contributed by atoms with Crippen LogP contribution in [0.25, 0.3) is 0 Å². The second-order valence-corrected chi connectivity index (χ2v) is 0.812. The average molecular weight is 176 g/mol. The molecule has 0 atom stereocenters. The molecule has 1 aliphatic rings. The fourth-order valence-corrected chi connectivity index (χ4v) is 0.236. The Balaban J connectivity index is 0.000000250. The Bertz CT molecular complexity index is 66.9. The molecule has 1 radical (unpaired) electrons. The topological polar surface area (TPSA) is 24.7 Å². The minimum Gasteiger partial charge on any atom is -0.268 e. The van der Waals surface area contributed by atoms with Crippen LogP contribution in [-0.4, -0.2) is 19.1 Å². The molecule has 1 rings (SSSR count). The van der Waals surface area contributed by atoms with Crippen molar-refractivity contribution in [2.45, 2.75) is 0 Å². The van der Waals surface area contributed by atoms with Gasteiger partial charge in [0.25, 0.3) is 0 Å². The van der Waals surface area contributed by atoms with Crippen molar-refractivity contribution in [1.82, 2.24) is 0 Å². The molecule has 0 saturated carbocycles. The molecule has 0 aromatic carbocycles. The van der Waals surface area contributed by atoms with Gasteiger partial charge in [0, 0.05) is 28.6 Å². The summed E-state index contributed by atoms with van der Waals surface area (Å²) < 4.78 is 0. The smallest absolute Gasteiger partial charge is 0.109 e. The van der Waals surface area contributed by atoms with Gasteiger partial charge < -0.3 is 0 Å². The van der Waals surface area contributed by atoms with Crippen LogP contribution in [0.5, 0.6) is 0 Å². The summed E-state index contributed by atoms with van der Waals surface area (Å²) in [6.07, 6.45) is 3.32. The van der Waals surface area contributed by atoms with E-state index in [1.807, 2.05) is 0 Å². The van der Waals surface area contributed by atoms with Gasteiger partial charge in [-0.1, -0.05) is 0 Å². The number of aliphatic imine (C=N–C) groups is 2. The largest absolute Gasteiger partial charge is 0.268 e. The van der Waals surface area contributed by atoms with Crippen LogP contribution in [0.4, 0.5) is 0 Å². The van der Waals surface area contributed by atoms with Gasteiger partial charge >= 0.3 is 0 Å². The molecule has 2 nitrogen and oxygen atoms in total. The van der Waals surface area contributed by atoms with Crippen molar-refractivity contribution in [3.8, 4) is 0 Å². The Morgan fingerprint density at radius 3 is 2.50 bits per heavy atom. The Morgan fingerprint density at radius 2 is 2.33 bits per heavy atom. The summed E-state index contributed by atoms with van der Waals surface area (Å²) in [5.41, 5.74) is 0. The van der Waals surface area contributed by atoms with E-state index in [0.717, 1.165) is 6.54 Å². The molecule has 0 spiro atoms. The van der Waals surface area contributed by atoms with Crippen LogP contribution in [0, 0.1) is 0 Å². The third-order valence-electron chi connectivity index (χ3n) is 0.441. The summed E-state index contributed by atoms with van der Waals surface area (Å²) in [5.74, 6) is 0. The van der Waals surface area contributed by atoms with E-state index in [9.17, 15) is 0 Å². The van der Waals surface area contributed by atoms with E-state index in [1.165, 1.54) is 0 Å². The minimum absolute atomic E-state index is 0. The first-order chi connectivity index (χ1) is 2.50. The third-order valence-corrected chi connectivity index (χ3v) is 0.441. The van der Waals surface area contributed by atoms with E-state index in [0.29, 0.717) is 0 Å². The van der Waals surface area contributed by atoms with Crippen LogP contribution in [-0.2, 0) is 22.4 Å². The molecule has 0 aromatic rings. The molecular weight excluding hydrogens is 172 g/mol. The van der Waals surface area contributed by atoms with Crippen LogP contribution in [0.15, 0.2) is 9.98 Å². The van der Waals surface area contributed by atoms with Gasteiger partial charge in [0.2, 0.25) is 0 Å². The first-order valence-corrected chi connectivity index (χ1v) is 1.50. The Labute approximate surface area is 51.9 Å². The molecule has 0 bridgehead atoms. The van der Waals surface area contributed by atoms with Crippen molar-refractivity contribution in [1.29, 1.82) is 0 Å². The second-order valence-electron chi connectivity index (χ2n) is 0.812. The zero-order chi connectivity index (χ0) is 3.54. The first-order valence-electron chi connectivity index (χ1n) is 1.50. The predicted molar refractivity (Wildman–Crippen MR) is 21.9 cm³/mol. The fourth-order valence-electron chi connectivity index (χ4n) is 0.236. The van der Waals surface area contributed by atoms with Gasteiger partial charge in [0.1, 0.15) is 6.34 Å². The second kappa shape index (κ2) is 3.28. The summed E-state index contributed by atoms with van der Waals surface area (Å²) in [4.78, 5) is 7.40. The zero-order valence-corrected chi connectivity index (χ0v) is 4.54. The van der Waals surface area contributed by atoms with Crippen LogP contribution < -0.4 is 0 Å². The maximum absolute atomic E-state index is 3.74. The number of rotatable bonds is 0. The normalized spacial score (nSPS) is 14.7. The van der Waals surface area contributed by atoms with Crippen molar-refractivity contribution in [2.24, 2.45) is 9.98 Å². The molecule has 1 heterocycles. The maximum atomic E-state index is 3.74. The van der Waals surface area contributed by atoms with Gasteiger partial charge in [-0.15, -0.1) is 0 Å². The minimum atomic E-state index is 0. The van der Waals surface area contributed by atoms with Gasteiger partial charge in [-0.3, -0.25) is 4.99 Å². The van der Waals surface area contributed by atoms with E-state index in [-0.39, 0.29) is 22.4 Å². The SMILES string of the molecule is C1=NC=NC1.[Ag]. The summed E-state index contributed by atoms with van der Waals surface area (Å²) in [6, 6.07) is 0. The van der Waals surface area contributed by atoms with Gasteiger partial charge in [0.05, 0.1) is 6.54 Å². The zero-order valence-electron chi connectivity index (χ0n) is 3.06. The standard InChI is InChI=1S/C3H4N2.Ag/c1-2-5-3-4-1;/h1,3H,2H2;. The van der Waals surface area contributed by atoms with Crippen LogP contribution in [0.1, 0.15) is 0 Å². The molecule has 0 saturated heterocycles. The van der Waals surface area contributed by atoms with Crippen LogP contribution in [0.3, 0.4) is 0 Å². The van der Waals surface area contributed by atoms with Gasteiger partial charge in [-0.05, 0) is 0 Å². The maximum Gasteiger partial charge on any atom is 0.109 e. The van der Waals surface area contributed by atoms with Crippen molar-refractivity contribution in [3.05, 3.63) is 0 Å². The molecule has 3 heteroatoms. The first kappa shape index (κ1) is 6.08. The molecule has 0 N–H and O–H groups in total. The molecule has 0 aliphatic carbocycles. The quantitative estimate of drug-likeness (QED) is 0.467. The summed E-state index contributed by atoms with van der Waals surface area (Å²) in [5, 5.41) is 0. The van der Waals surface area contributed by atoms with E-state index >= 15 is 0 Å². The van der Waals surface area contributed by atoms with E-state index in [1.54, 1.807) is 12.6 Å². The molecular formula is C3H4AgN2. The Kier molecular flexibility index (Phi) is 3.32. The van der Waals surface area contributed by atoms with Crippen molar-refractivity contribution < 1.29 is 22.4 Å². The summed E-state index contributed by atoms with van der Waals surface area (Å²) in [6.45, 7) is 0.778. The monoisotopic (exact) mass is 175 g/mol. The van der Waals surface area contributed by atoms with Crippen LogP contribution in [0.2, 0.25) is 0 Å². The third kappa shape index (κ3) is 1.50. The van der Waals surface area contributed by atoms with E-state index in [4.69, 9.17) is 0 Å². The van der Waals surface area contributed by atoms with E-state index < -0.39 is 0 Å². The Morgan fingerprint density at radius 1 is 1.50 bits per heavy atom. The summed E-state index contributed by atoms with van der Waals surface area (Å²) in [7, 11) is 0. The van der Waals surface area contributed by atoms with Gasteiger partial charge in [0.15, 0.2) is 0 Å². The molecule has 0 aromatic heterocycles. The predicted octanol–water partition coefficient (Wildman–Crippen LogP) is 0.0966. The number of hydrogen-bond donors (Lipinski definition) is 0. The van der Waals surface area contributed by atoms with Crippen LogP contribution >= 0.6 is 0 Å². The fraction of sp³-hybridized carbons (Fsp3) is 0.333. The molecule has 0 amide bonds. The average Bonchev–Trinajstić information content (AvgIpc) is 1.76. The number of nitrogens with zero attached hydrogens (tertiary/aromatic N) is 2. The van der Waals surface area contributed by atoms with Crippen molar-refractivity contribution in [2.75, 3.05) is 6.54 Å². The van der Waals surface area contributed by atoms with Crippen molar-refractivity contribution >= 4 is 12.6 Å². The number of hydrogen-bond acceptors (Lipinski definition) is 2. The molecule has 0 unspecified atom stereocenters. The van der Waals surface area contributed by atoms with E-state index in [2.05, 4.69) is 9.98 Å². The molecule has 6 heavy (non-hydrogen) atoms. The van der Waals surface area contributed by atoms with Crippen molar-refractivity contribution in [3.63, 3.8) is 0 Å². The Hall–Kier alpha value is 0.0803. The molecule has 1 aliphatic heterocycles. The van der Waals surface area contributed by atoms with Gasteiger partial charge in [-0.25, -0.2) is 4.99 Å². The molecule has 0 fully saturated rings. The van der Waals surface area contributed by atoms with Gasteiger partial charge in [-0.2, -0.15) is 0 Å².